The van der Waals surface area contributed by atoms with Crippen molar-refractivity contribution in [2.45, 2.75) is 13.5 Å². The fourth-order valence-electron chi connectivity index (χ4n) is 3.06. The third kappa shape index (κ3) is 3.25. The van der Waals surface area contributed by atoms with Crippen molar-refractivity contribution in [3.05, 3.63) is 48.8 Å². The second kappa shape index (κ2) is 7.03. The van der Waals surface area contributed by atoms with Gasteiger partial charge in [0, 0.05) is 48.8 Å². The Morgan fingerprint density at radius 3 is 2.60 bits per heavy atom. The molecule has 25 heavy (non-hydrogen) atoms. The van der Waals surface area contributed by atoms with Crippen LogP contribution in [-0.2, 0) is 11.3 Å². The SMILES string of the molecule is CCn1nc(-c2ccncc2)nc1-c1cccc(N2CCOCC2)c1. The number of ether oxygens (including phenoxy) is 1. The van der Waals surface area contributed by atoms with Gasteiger partial charge in [-0.05, 0) is 31.2 Å². The topological polar surface area (TPSA) is 56.1 Å². The van der Waals surface area contributed by atoms with Crippen LogP contribution in [0.15, 0.2) is 48.8 Å². The Kier molecular flexibility index (Phi) is 4.43. The summed E-state index contributed by atoms with van der Waals surface area (Å²) in [5, 5.41) is 4.66. The Hall–Kier alpha value is -2.73. The highest BCUT2D eigenvalue weighted by atomic mass is 16.5. The molecule has 3 heterocycles. The molecule has 1 aliphatic heterocycles. The predicted molar refractivity (Wildman–Crippen MR) is 97.4 cm³/mol. The molecule has 4 rings (SSSR count). The first kappa shape index (κ1) is 15.8. The molecule has 0 N–H and O–H groups in total. The molecule has 1 fully saturated rings. The molecule has 0 atom stereocenters. The number of aryl methyl sites for hydroxylation is 1. The van der Waals surface area contributed by atoms with Gasteiger partial charge in [0.1, 0.15) is 0 Å². The average Bonchev–Trinajstić information content (AvgIpc) is 3.14. The van der Waals surface area contributed by atoms with Crippen LogP contribution in [0.3, 0.4) is 0 Å². The fourth-order valence-corrected chi connectivity index (χ4v) is 3.06. The average molecular weight is 335 g/mol. The van der Waals surface area contributed by atoms with Crippen molar-refractivity contribution in [3.63, 3.8) is 0 Å². The van der Waals surface area contributed by atoms with Crippen LogP contribution in [0.1, 0.15) is 6.92 Å². The second-order valence-electron chi connectivity index (χ2n) is 5.96. The van der Waals surface area contributed by atoms with Gasteiger partial charge < -0.3 is 9.64 Å². The van der Waals surface area contributed by atoms with Crippen molar-refractivity contribution in [2.75, 3.05) is 31.2 Å². The van der Waals surface area contributed by atoms with E-state index in [1.54, 1.807) is 12.4 Å². The maximum absolute atomic E-state index is 5.45. The molecule has 1 aliphatic rings. The van der Waals surface area contributed by atoms with Gasteiger partial charge in [-0.25, -0.2) is 9.67 Å². The number of morpholine rings is 1. The third-order valence-corrected chi connectivity index (χ3v) is 4.39. The molecule has 0 bridgehead atoms. The predicted octanol–water partition coefficient (Wildman–Crippen LogP) is 2.86. The zero-order chi connectivity index (χ0) is 17.1. The quantitative estimate of drug-likeness (QED) is 0.734. The highest BCUT2D eigenvalue weighted by Crippen LogP contribution is 2.26. The van der Waals surface area contributed by atoms with E-state index in [-0.39, 0.29) is 0 Å². The largest absolute Gasteiger partial charge is 0.378 e. The zero-order valence-electron chi connectivity index (χ0n) is 14.3. The van der Waals surface area contributed by atoms with Crippen LogP contribution in [0.4, 0.5) is 5.69 Å². The minimum atomic E-state index is 0.732. The van der Waals surface area contributed by atoms with Gasteiger partial charge in [-0.1, -0.05) is 12.1 Å². The zero-order valence-corrected chi connectivity index (χ0v) is 14.3. The van der Waals surface area contributed by atoms with Gasteiger partial charge in [0.05, 0.1) is 13.2 Å². The van der Waals surface area contributed by atoms with Crippen molar-refractivity contribution in [2.24, 2.45) is 0 Å². The maximum Gasteiger partial charge on any atom is 0.181 e. The monoisotopic (exact) mass is 335 g/mol. The lowest BCUT2D eigenvalue weighted by atomic mass is 10.1. The van der Waals surface area contributed by atoms with Crippen LogP contribution in [0.5, 0.6) is 0 Å². The summed E-state index contributed by atoms with van der Waals surface area (Å²) in [5.74, 6) is 1.63. The van der Waals surface area contributed by atoms with Crippen LogP contribution in [0.2, 0.25) is 0 Å². The molecule has 0 unspecified atom stereocenters. The number of anilines is 1. The molecule has 6 nitrogen and oxygen atoms in total. The summed E-state index contributed by atoms with van der Waals surface area (Å²) in [7, 11) is 0. The van der Waals surface area contributed by atoms with Crippen LogP contribution in [-0.4, -0.2) is 46.1 Å². The van der Waals surface area contributed by atoms with Crippen molar-refractivity contribution in [1.29, 1.82) is 0 Å². The molecule has 128 valence electrons. The molecule has 0 amide bonds. The van der Waals surface area contributed by atoms with E-state index in [1.807, 2.05) is 16.8 Å². The van der Waals surface area contributed by atoms with Crippen LogP contribution >= 0.6 is 0 Å². The van der Waals surface area contributed by atoms with Gasteiger partial charge in [0.25, 0.3) is 0 Å². The molecule has 6 heteroatoms. The van der Waals surface area contributed by atoms with Gasteiger partial charge in [-0.3, -0.25) is 4.98 Å². The first-order chi connectivity index (χ1) is 12.3. The van der Waals surface area contributed by atoms with E-state index in [1.165, 1.54) is 5.69 Å². The molecular formula is C19H21N5O. The summed E-state index contributed by atoms with van der Waals surface area (Å²) in [5.41, 5.74) is 3.27. The fraction of sp³-hybridized carbons (Fsp3) is 0.316. The molecule has 2 aromatic heterocycles. The van der Waals surface area contributed by atoms with E-state index >= 15 is 0 Å². The Balaban J connectivity index is 1.70. The van der Waals surface area contributed by atoms with E-state index in [0.717, 1.165) is 55.6 Å². The van der Waals surface area contributed by atoms with E-state index in [0.29, 0.717) is 0 Å². The van der Waals surface area contributed by atoms with Crippen molar-refractivity contribution in [1.82, 2.24) is 19.7 Å². The summed E-state index contributed by atoms with van der Waals surface area (Å²) in [6, 6.07) is 12.4. The van der Waals surface area contributed by atoms with Gasteiger partial charge in [0.2, 0.25) is 0 Å². The summed E-state index contributed by atoms with van der Waals surface area (Å²) in [4.78, 5) is 11.2. The maximum atomic E-state index is 5.45. The minimum absolute atomic E-state index is 0.732. The Morgan fingerprint density at radius 1 is 1.04 bits per heavy atom. The highest BCUT2D eigenvalue weighted by Gasteiger charge is 2.15. The Bertz CT molecular complexity index is 840. The number of pyridine rings is 1. The summed E-state index contributed by atoms with van der Waals surface area (Å²) < 4.78 is 7.40. The number of rotatable bonds is 4. The van der Waals surface area contributed by atoms with Gasteiger partial charge >= 0.3 is 0 Å². The van der Waals surface area contributed by atoms with E-state index in [4.69, 9.17) is 9.72 Å². The van der Waals surface area contributed by atoms with E-state index < -0.39 is 0 Å². The lowest BCUT2D eigenvalue weighted by Gasteiger charge is -2.29. The third-order valence-electron chi connectivity index (χ3n) is 4.39. The summed E-state index contributed by atoms with van der Waals surface area (Å²) in [6.07, 6.45) is 3.53. The van der Waals surface area contributed by atoms with E-state index in [2.05, 4.69) is 46.2 Å². The number of hydrogen-bond acceptors (Lipinski definition) is 5. The number of hydrogen-bond donors (Lipinski definition) is 0. The molecule has 0 saturated carbocycles. The summed E-state index contributed by atoms with van der Waals surface area (Å²) in [6.45, 7) is 6.26. The minimum Gasteiger partial charge on any atom is -0.378 e. The molecule has 0 aliphatic carbocycles. The number of nitrogens with zero attached hydrogens (tertiary/aromatic N) is 5. The van der Waals surface area contributed by atoms with Gasteiger partial charge in [-0.15, -0.1) is 0 Å². The highest BCUT2D eigenvalue weighted by molar-refractivity contribution is 5.66. The van der Waals surface area contributed by atoms with Crippen LogP contribution in [0, 0.1) is 0 Å². The van der Waals surface area contributed by atoms with Crippen molar-refractivity contribution in [3.8, 4) is 22.8 Å². The molecule has 0 spiro atoms. The van der Waals surface area contributed by atoms with E-state index in [9.17, 15) is 0 Å². The molecule has 1 aromatic carbocycles. The van der Waals surface area contributed by atoms with Crippen molar-refractivity contribution >= 4 is 5.69 Å². The molecule has 0 radical (unpaired) electrons. The van der Waals surface area contributed by atoms with Crippen LogP contribution < -0.4 is 4.90 Å². The number of aromatic nitrogens is 4. The van der Waals surface area contributed by atoms with Gasteiger partial charge in [0.15, 0.2) is 11.6 Å². The normalized spacial score (nSPS) is 14.7. The van der Waals surface area contributed by atoms with Crippen molar-refractivity contribution < 1.29 is 4.74 Å². The Labute approximate surface area is 147 Å². The molecular weight excluding hydrogens is 314 g/mol. The first-order valence-electron chi connectivity index (χ1n) is 8.63. The second-order valence-corrected chi connectivity index (χ2v) is 5.96. The van der Waals surface area contributed by atoms with Gasteiger partial charge in [-0.2, -0.15) is 5.10 Å². The van der Waals surface area contributed by atoms with Crippen LogP contribution in [0.25, 0.3) is 22.8 Å². The smallest absolute Gasteiger partial charge is 0.181 e. The lowest BCUT2D eigenvalue weighted by Crippen LogP contribution is -2.36. The number of benzene rings is 1. The summed E-state index contributed by atoms with van der Waals surface area (Å²) >= 11 is 0. The first-order valence-corrected chi connectivity index (χ1v) is 8.63. The molecule has 1 saturated heterocycles. The molecule has 3 aromatic rings. The Morgan fingerprint density at radius 2 is 1.84 bits per heavy atom. The lowest BCUT2D eigenvalue weighted by molar-refractivity contribution is 0.122. The standard InChI is InChI=1S/C19H21N5O/c1-2-24-19(21-18(22-24)15-6-8-20-9-7-15)16-4-3-5-17(14-16)23-10-12-25-13-11-23/h3-9,14H,2,10-13H2,1H3.